The minimum atomic E-state index is -1.13. The first-order chi connectivity index (χ1) is 20.6. The lowest BCUT2D eigenvalue weighted by Gasteiger charge is -2.23. The average Bonchev–Trinajstić information content (AvgIpc) is 3.46. The van der Waals surface area contributed by atoms with E-state index < -0.39 is 23.6 Å². The van der Waals surface area contributed by atoms with Crippen molar-refractivity contribution in [1.82, 2.24) is 30.8 Å². The van der Waals surface area contributed by atoms with Crippen LogP contribution >= 0.6 is 0 Å². The van der Waals surface area contributed by atoms with Crippen LogP contribution in [0, 0.1) is 0 Å². The number of benzene rings is 2. The topological polar surface area (TPSA) is 173 Å². The largest absolute Gasteiger partial charge is 0.465 e. The average molecular weight is 596 g/mol. The lowest BCUT2D eigenvalue weighted by molar-refractivity contribution is -0.145. The van der Waals surface area contributed by atoms with Gasteiger partial charge in [-0.2, -0.15) is 0 Å². The summed E-state index contributed by atoms with van der Waals surface area (Å²) in [5, 5.41) is 17.3. The van der Waals surface area contributed by atoms with Crippen LogP contribution in [0.3, 0.4) is 0 Å². The van der Waals surface area contributed by atoms with Gasteiger partial charge < -0.3 is 30.6 Å². The van der Waals surface area contributed by atoms with Crippen molar-refractivity contribution in [2.24, 2.45) is 5.73 Å². The van der Waals surface area contributed by atoms with Crippen LogP contribution in [0.5, 0.6) is 0 Å². The van der Waals surface area contributed by atoms with E-state index in [1.54, 1.807) is 13.8 Å². The van der Waals surface area contributed by atoms with Gasteiger partial charge >= 0.3 is 12.1 Å². The van der Waals surface area contributed by atoms with Crippen molar-refractivity contribution >= 4 is 18.0 Å². The number of hydrogen-bond donors (Lipinski definition) is 3. The molecule has 3 rings (SSSR count). The number of aromatic nitrogens is 4. The summed E-state index contributed by atoms with van der Waals surface area (Å²) >= 11 is 0. The van der Waals surface area contributed by atoms with Crippen molar-refractivity contribution in [3.63, 3.8) is 0 Å². The number of tetrazole rings is 1. The van der Waals surface area contributed by atoms with E-state index in [4.69, 9.17) is 19.9 Å². The van der Waals surface area contributed by atoms with Gasteiger partial charge in [-0.1, -0.05) is 60.7 Å². The van der Waals surface area contributed by atoms with E-state index >= 15 is 0 Å². The minimum Gasteiger partial charge on any atom is -0.465 e. The quantitative estimate of drug-likeness (QED) is 0.156. The zero-order valence-electron chi connectivity index (χ0n) is 24.9. The summed E-state index contributed by atoms with van der Waals surface area (Å²) in [5.41, 5.74) is 6.72. The van der Waals surface area contributed by atoms with Gasteiger partial charge in [0.05, 0.1) is 37.8 Å². The molecule has 0 aliphatic rings. The minimum absolute atomic E-state index is 0.00716. The second kappa shape index (κ2) is 16.9. The molecule has 3 aromatic rings. The first kappa shape index (κ1) is 33.1. The second-order valence-electron chi connectivity index (χ2n) is 10.6. The molecule has 2 aromatic carbocycles. The maximum Gasteiger partial charge on any atom is 0.407 e. The van der Waals surface area contributed by atoms with E-state index in [0.29, 0.717) is 31.8 Å². The van der Waals surface area contributed by atoms with Crippen molar-refractivity contribution < 1.29 is 28.6 Å². The van der Waals surface area contributed by atoms with E-state index in [2.05, 4.69) is 26.2 Å². The molecule has 1 unspecified atom stereocenters. The fourth-order valence-corrected chi connectivity index (χ4v) is 3.88. The summed E-state index contributed by atoms with van der Waals surface area (Å²) in [7, 11) is 0. The predicted molar refractivity (Wildman–Crippen MR) is 157 cm³/mol. The number of esters is 1. The van der Waals surface area contributed by atoms with Gasteiger partial charge in [0.1, 0.15) is 12.6 Å². The van der Waals surface area contributed by atoms with Crippen LogP contribution in [0.2, 0.25) is 0 Å². The Morgan fingerprint density at radius 1 is 0.977 bits per heavy atom. The predicted octanol–water partition coefficient (Wildman–Crippen LogP) is 2.64. The molecule has 2 amide bonds. The standard InChI is InChI=1S/C30H41N7O6/c1-22(24-14-8-5-9-15-24)27(38)42-18-11-10-16-32-29(40)43-19-17-37-26(34-35-36-37)25(33-28(39)30(2,3)31)21-41-20-23-12-6-4-7-13-23/h4-9,12-15,22,25H,10-11,16-21,31H2,1-3H3,(H,32,40)(H,33,39)/t22?,25-/m1/s1. The molecular weight excluding hydrogens is 554 g/mol. The number of hydrogen-bond acceptors (Lipinski definition) is 10. The molecule has 1 heterocycles. The van der Waals surface area contributed by atoms with Crippen LogP contribution in [-0.4, -0.2) is 70.1 Å². The van der Waals surface area contributed by atoms with Crippen LogP contribution in [-0.2, 0) is 37.0 Å². The molecule has 0 aliphatic heterocycles. The van der Waals surface area contributed by atoms with E-state index in [1.807, 2.05) is 67.6 Å². The number of nitrogens with two attached hydrogens (primary N) is 1. The van der Waals surface area contributed by atoms with E-state index in [-0.39, 0.29) is 38.3 Å². The van der Waals surface area contributed by atoms with Crippen molar-refractivity contribution in [3.05, 3.63) is 77.6 Å². The van der Waals surface area contributed by atoms with Crippen LogP contribution in [0.1, 0.15) is 62.5 Å². The van der Waals surface area contributed by atoms with Gasteiger partial charge in [0.25, 0.3) is 0 Å². The molecule has 2 atom stereocenters. The highest BCUT2D eigenvalue weighted by atomic mass is 16.5. The van der Waals surface area contributed by atoms with Crippen molar-refractivity contribution in [3.8, 4) is 0 Å². The normalized spacial score (nSPS) is 12.7. The highest BCUT2D eigenvalue weighted by Gasteiger charge is 2.28. The summed E-state index contributed by atoms with van der Waals surface area (Å²) in [4.78, 5) is 37.0. The monoisotopic (exact) mass is 595 g/mol. The summed E-state index contributed by atoms with van der Waals surface area (Å²) in [6.45, 7) is 6.21. The SMILES string of the molecule is CC(C(=O)OCCCCNC(=O)OCCn1nnnc1[C@@H](COCc1ccccc1)NC(=O)C(C)(C)N)c1ccccc1. The summed E-state index contributed by atoms with van der Waals surface area (Å²) in [6.07, 6.45) is 0.618. The van der Waals surface area contributed by atoms with Crippen LogP contribution in [0.4, 0.5) is 4.79 Å². The third-order valence-electron chi connectivity index (χ3n) is 6.43. The van der Waals surface area contributed by atoms with Gasteiger partial charge in [0, 0.05) is 6.54 Å². The number of ether oxygens (including phenoxy) is 3. The molecule has 0 saturated carbocycles. The number of rotatable bonds is 17. The molecule has 0 spiro atoms. The number of unbranched alkanes of at least 4 members (excludes halogenated alkanes) is 1. The highest BCUT2D eigenvalue weighted by Crippen LogP contribution is 2.16. The van der Waals surface area contributed by atoms with E-state index in [0.717, 1.165) is 11.1 Å². The molecule has 0 fully saturated rings. The van der Waals surface area contributed by atoms with Crippen LogP contribution in [0.15, 0.2) is 60.7 Å². The molecule has 0 radical (unpaired) electrons. The Labute approximate surface area is 251 Å². The molecular formula is C30H41N7O6. The Balaban J connectivity index is 1.39. The maximum atomic E-state index is 12.6. The van der Waals surface area contributed by atoms with E-state index in [1.165, 1.54) is 4.68 Å². The molecule has 13 nitrogen and oxygen atoms in total. The van der Waals surface area contributed by atoms with Crippen molar-refractivity contribution in [2.75, 3.05) is 26.4 Å². The Morgan fingerprint density at radius 2 is 1.67 bits per heavy atom. The first-order valence-corrected chi connectivity index (χ1v) is 14.2. The molecule has 43 heavy (non-hydrogen) atoms. The Hall–Kier alpha value is -4.36. The van der Waals surface area contributed by atoms with Gasteiger partial charge in [-0.3, -0.25) is 9.59 Å². The van der Waals surface area contributed by atoms with Crippen molar-refractivity contribution in [1.29, 1.82) is 0 Å². The molecule has 4 N–H and O–H groups in total. The van der Waals surface area contributed by atoms with Gasteiger partial charge in [-0.25, -0.2) is 9.48 Å². The van der Waals surface area contributed by atoms with Crippen LogP contribution < -0.4 is 16.4 Å². The first-order valence-electron chi connectivity index (χ1n) is 14.2. The number of carbonyl (C=O) groups is 3. The van der Waals surface area contributed by atoms with Crippen molar-refractivity contribution in [2.45, 2.75) is 64.3 Å². The Bertz CT molecular complexity index is 1280. The number of nitrogens with zero attached hydrogens (tertiary/aromatic N) is 4. The van der Waals surface area contributed by atoms with E-state index in [9.17, 15) is 14.4 Å². The summed E-state index contributed by atoms with van der Waals surface area (Å²) < 4.78 is 17.9. The summed E-state index contributed by atoms with van der Waals surface area (Å²) in [6, 6.07) is 18.4. The molecule has 0 aliphatic carbocycles. The molecule has 232 valence electrons. The zero-order chi connectivity index (χ0) is 31.1. The number of carbonyl (C=O) groups excluding carboxylic acids is 3. The molecule has 13 heteroatoms. The third-order valence-corrected chi connectivity index (χ3v) is 6.43. The lowest BCUT2D eigenvalue weighted by atomic mass is 10.0. The fourth-order valence-electron chi connectivity index (χ4n) is 3.88. The highest BCUT2D eigenvalue weighted by molar-refractivity contribution is 5.85. The maximum absolute atomic E-state index is 12.6. The number of nitrogens with one attached hydrogen (secondary N) is 2. The molecule has 0 bridgehead atoms. The van der Waals surface area contributed by atoms with Gasteiger partial charge in [-0.05, 0) is 55.2 Å². The lowest BCUT2D eigenvalue weighted by Crippen LogP contribution is -2.51. The van der Waals surface area contributed by atoms with Gasteiger partial charge in [0.2, 0.25) is 5.91 Å². The number of alkyl carbamates (subject to hydrolysis) is 1. The Kier molecular flexibility index (Phi) is 13.0. The molecule has 1 aromatic heterocycles. The fraction of sp³-hybridized carbons (Fsp3) is 0.467. The van der Waals surface area contributed by atoms with Gasteiger partial charge in [0.15, 0.2) is 5.82 Å². The number of amides is 2. The zero-order valence-corrected chi connectivity index (χ0v) is 24.9. The summed E-state index contributed by atoms with van der Waals surface area (Å²) in [5.74, 6) is -0.676. The smallest absolute Gasteiger partial charge is 0.407 e. The second-order valence-corrected chi connectivity index (χ2v) is 10.6. The third kappa shape index (κ3) is 11.4. The Morgan fingerprint density at radius 3 is 2.37 bits per heavy atom. The van der Waals surface area contributed by atoms with Crippen LogP contribution in [0.25, 0.3) is 0 Å². The molecule has 0 saturated heterocycles. The van der Waals surface area contributed by atoms with Gasteiger partial charge in [-0.15, -0.1) is 5.10 Å².